The van der Waals surface area contributed by atoms with Crippen LogP contribution in [0.1, 0.15) is 51.6 Å². The van der Waals surface area contributed by atoms with Gasteiger partial charge in [0.25, 0.3) is 0 Å². The Morgan fingerprint density at radius 2 is 1.32 bits per heavy atom. The SMILES string of the molecule is CCCCOc1ccc(C(=O)Oc2ccc(C(=O)Oc3ccc(C)cc3C)cc2)cc1. The molecular weight excluding hydrogens is 392 g/mol. The molecule has 3 aromatic rings. The second-order valence-corrected chi connectivity index (χ2v) is 7.30. The second-order valence-electron chi connectivity index (χ2n) is 7.30. The molecular formula is C26H26O5. The highest BCUT2D eigenvalue weighted by Crippen LogP contribution is 2.21. The first-order valence-corrected chi connectivity index (χ1v) is 10.3. The molecule has 0 N–H and O–H groups in total. The summed E-state index contributed by atoms with van der Waals surface area (Å²) in [6, 6.07) is 18.7. The molecule has 3 rings (SSSR count). The lowest BCUT2D eigenvalue weighted by Gasteiger charge is -2.09. The topological polar surface area (TPSA) is 61.8 Å². The normalized spacial score (nSPS) is 10.4. The summed E-state index contributed by atoms with van der Waals surface area (Å²) in [4.78, 5) is 24.7. The predicted molar refractivity (Wildman–Crippen MR) is 119 cm³/mol. The van der Waals surface area contributed by atoms with Crippen LogP contribution < -0.4 is 14.2 Å². The van der Waals surface area contributed by atoms with Crippen molar-refractivity contribution in [3.05, 3.63) is 89.0 Å². The van der Waals surface area contributed by atoms with Crippen molar-refractivity contribution in [2.75, 3.05) is 6.61 Å². The Kier molecular flexibility index (Phi) is 7.44. The minimum absolute atomic E-state index is 0.344. The third kappa shape index (κ3) is 6.19. The van der Waals surface area contributed by atoms with Crippen LogP contribution in [0.3, 0.4) is 0 Å². The number of benzene rings is 3. The van der Waals surface area contributed by atoms with E-state index in [1.54, 1.807) is 54.6 Å². The van der Waals surface area contributed by atoms with Gasteiger partial charge in [-0.2, -0.15) is 0 Å². The molecule has 160 valence electrons. The maximum Gasteiger partial charge on any atom is 0.343 e. The van der Waals surface area contributed by atoms with Crippen molar-refractivity contribution in [3.63, 3.8) is 0 Å². The lowest BCUT2D eigenvalue weighted by atomic mass is 10.1. The monoisotopic (exact) mass is 418 g/mol. The Balaban J connectivity index is 1.58. The maximum absolute atomic E-state index is 12.4. The number of aryl methyl sites for hydroxylation is 2. The third-order valence-electron chi connectivity index (χ3n) is 4.69. The molecule has 0 aromatic heterocycles. The van der Waals surface area contributed by atoms with E-state index in [4.69, 9.17) is 14.2 Å². The Morgan fingerprint density at radius 3 is 1.90 bits per heavy atom. The quantitative estimate of drug-likeness (QED) is 0.258. The minimum atomic E-state index is -0.481. The average Bonchev–Trinajstić information content (AvgIpc) is 2.77. The molecule has 0 atom stereocenters. The van der Waals surface area contributed by atoms with Crippen molar-refractivity contribution >= 4 is 11.9 Å². The van der Waals surface area contributed by atoms with Crippen molar-refractivity contribution in [1.29, 1.82) is 0 Å². The number of esters is 2. The van der Waals surface area contributed by atoms with Gasteiger partial charge < -0.3 is 14.2 Å². The van der Waals surface area contributed by atoms with Gasteiger partial charge in [-0.05, 0) is 80.4 Å². The van der Waals surface area contributed by atoms with Crippen molar-refractivity contribution in [2.45, 2.75) is 33.6 Å². The van der Waals surface area contributed by atoms with E-state index in [0.29, 0.717) is 29.2 Å². The van der Waals surface area contributed by atoms with Gasteiger partial charge in [-0.15, -0.1) is 0 Å². The molecule has 0 aliphatic carbocycles. The molecule has 31 heavy (non-hydrogen) atoms. The van der Waals surface area contributed by atoms with Gasteiger partial charge in [-0.3, -0.25) is 0 Å². The van der Waals surface area contributed by atoms with Crippen LogP contribution in [-0.2, 0) is 0 Å². The highest BCUT2D eigenvalue weighted by Gasteiger charge is 2.13. The molecule has 0 spiro atoms. The molecule has 0 unspecified atom stereocenters. The first kappa shape index (κ1) is 22.1. The maximum atomic E-state index is 12.4. The van der Waals surface area contributed by atoms with E-state index in [9.17, 15) is 9.59 Å². The smallest absolute Gasteiger partial charge is 0.343 e. The van der Waals surface area contributed by atoms with Crippen molar-refractivity contribution < 1.29 is 23.8 Å². The standard InChI is InChI=1S/C26H26O5/c1-4-5-16-29-22-11-7-20(8-12-22)25(27)30-23-13-9-21(10-14-23)26(28)31-24-15-6-18(2)17-19(24)3/h6-15,17H,4-5,16H2,1-3H3. The summed E-state index contributed by atoms with van der Waals surface area (Å²) < 4.78 is 16.5. The molecule has 0 heterocycles. The minimum Gasteiger partial charge on any atom is -0.494 e. The number of carbonyl (C=O) groups excluding carboxylic acids is 2. The molecule has 0 saturated carbocycles. The molecule has 5 heteroatoms. The summed E-state index contributed by atoms with van der Waals surface area (Å²) in [7, 11) is 0. The largest absolute Gasteiger partial charge is 0.494 e. The molecule has 0 fully saturated rings. The summed E-state index contributed by atoms with van der Waals surface area (Å²) in [5.74, 6) is 0.635. The van der Waals surface area contributed by atoms with Crippen molar-refractivity contribution in [1.82, 2.24) is 0 Å². The van der Waals surface area contributed by atoms with Gasteiger partial charge in [0.05, 0.1) is 17.7 Å². The number of unbranched alkanes of at least 4 members (excludes halogenated alkanes) is 1. The van der Waals surface area contributed by atoms with E-state index >= 15 is 0 Å². The molecule has 3 aromatic carbocycles. The van der Waals surface area contributed by atoms with Gasteiger partial charge in [-0.1, -0.05) is 31.0 Å². The lowest BCUT2D eigenvalue weighted by molar-refractivity contribution is 0.0729. The summed E-state index contributed by atoms with van der Waals surface area (Å²) >= 11 is 0. The number of hydrogen-bond donors (Lipinski definition) is 0. The van der Waals surface area contributed by atoms with E-state index in [0.717, 1.165) is 29.7 Å². The predicted octanol–water partition coefficient (Wildman–Crippen LogP) is 5.92. The Morgan fingerprint density at radius 1 is 0.742 bits per heavy atom. The third-order valence-corrected chi connectivity index (χ3v) is 4.69. The van der Waals surface area contributed by atoms with E-state index < -0.39 is 11.9 Å². The van der Waals surface area contributed by atoms with Gasteiger partial charge in [-0.25, -0.2) is 9.59 Å². The van der Waals surface area contributed by atoms with Gasteiger partial charge in [0.15, 0.2) is 0 Å². The zero-order chi connectivity index (χ0) is 22.2. The Hall–Kier alpha value is -3.60. The van der Waals surface area contributed by atoms with Gasteiger partial charge in [0.2, 0.25) is 0 Å². The van der Waals surface area contributed by atoms with Crippen LogP contribution in [0.4, 0.5) is 0 Å². The average molecular weight is 418 g/mol. The van der Waals surface area contributed by atoms with Crippen LogP contribution in [-0.4, -0.2) is 18.5 Å². The van der Waals surface area contributed by atoms with E-state index in [1.807, 2.05) is 26.0 Å². The lowest BCUT2D eigenvalue weighted by Crippen LogP contribution is -2.10. The van der Waals surface area contributed by atoms with Crippen LogP contribution in [0.25, 0.3) is 0 Å². The number of rotatable bonds is 8. The summed E-state index contributed by atoms with van der Waals surface area (Å²) in [6.45, 7) is 6.62. The highest BCUT2D eigenvalue weighted by atomic mass is 16.5. The molecule has 0 aliphatic rings. The van der Waals surface area contributed by atoms with Crippen molar-refractivity contribution in [3.8, 4) is 17.2 Å². The molecule has 0 saturated heterocycles. The highest BCUT2D eigenvalue weighted by molar-refractivity contribution is 5.92. The van der Waals surface area contributed by atoms with E-state index in [-0.39, 0.29) is 0 Å². The fourth-order valence-electron chi connectivity index (χ4n) is 2.92. The van der Waals surface area contributed by atoms with Crippen LogP contribution in [0, 0.1) is 13.8 Å². The number of ether oxygens (including phenoxy) is 3. The molecule has 0 aliphatic heterocycles. The zero-order valence-corrected chi connectivity index (χ0v) is 18.0. The molecule has 5 nitrogen and oxygen atoms in total. The van der Waals surface area contributed by atoms with Gasteiger partial charge in [0, 0.05) is 0 Å². The Labute approximate surface area is 182 Å². The van der Waals surface area contributed by atoms with Crippen LogP contribution in [0.15, 0.2) is 66.7 Å². The fraction of sp³-hybridized carbons (Fsp3) is 0.231. The zero-order valence-electron chi connectivity index (χ0n) is 18.0. The second kappa shape index (κ2) is 10.4. The van der Waals surface area contributed by atoms with Gasteiger partial charge >= 0.3 is 11.9 Å². The van der Waals surface area contributed by atoms with Crippen LogP contribution >= 0.6 is 0 Å². The van der Waals surface area contributed by atoms with Crippen LogP contribution in [0.5, 0.6) is 17.2 Å². The summed E-state index contributed by atoms with van der Waals surface area (Å²) in [5.41, 5.74) is 2.78. The summed E-state index contributed by atoms with van der Waals surface area (Å²) in [6.07, 6.45) is 2.05. The Bertz CT molecular complexity index is 1040. The fourth-order valence-corrected chi connectivity index (χ4v) is 2.92. The summed E-state index contributed by atoms with van der Waals surface area (Å²) in [5, 5.41) is 0. The number of carbonyl (C=O) groups is 2. The van der Waals surface area contributed by atoms with Crippen LogP contribution in [0.2, 0.25) is 0 Å². The first-order chi connectivity index (χ1) is 15.0. The molecule has 0 amide bonds. The van der Waals surface area contributed by atoms with Crippen molar-refractivity contribution in [2.24, 2.45) is 0 Å². The van der Waals surface area contributed by atoms with E-state index in [1.165, 1.54) is 0 Å². The molecule has 0 bridgehead atoms. The first-order valence-electron chi connectivity index (χ1n) is 10.3. The molecule has 0 radical (unpaired) electrons. The van der Waals surface area contributed by atoms with Gasteiger partial charge in [0.1, 0.15) is 17.2 Å². The number of hydrogen-bond acceptors (Lipinski definition) is 5. The van der Waals surface area contributed by atoms with E-state index in [2.05, 4.69) is 6.92 Å².